The van der Waals surface area contributed by atoms with Gasteiger partial charge in [-0.15, -0.1) is 0 Å². The van der Waals surface area contributed by atoms with E-state index in [1.807, 2.05) is 0 Å². The summed E-state index contributed by atoms with van der Waals surface area (Å²) in [6.07, 6.45) is 2.58. The number of nitrogens with zero attached hydrogens (tertiary/aromatic N) is 1. The second-order valence-corrected chi connectivity index (χ2v) is 5.59. The lowest BCUT2D eigenvalue weighted by atomic mass is 9.80. The number of anilines is 1. The predicted molar refractivity (Wildman–Crippen MR) is 74.4 cm³/mol. The van der Waals surface area contributed by atoms with Crippen LogP contribution in [0.1, 0.15) is 24.3 Å². The molecular weight excluding hydrogens is 224 g/mol. The first-order chi connectivity index (χ1) is 8.78. The number of benzene rings is 1. The fourth-order valence-electron chi connectivity index (χ4n) is 3.44. The molecule has 0 amide bonds. The lowest BCUT2D eigenvalue weighted by Crippen LogP contribution is -2.24. The Morgan fingerprint density at radius 3 is 2.94 bits per heavy atom. The molecule has 2 aliphatic rings. The molecule has 0 spiro atoms. The summed E-state index contributed by atoms with van der Waals surface area (Å²) in [6, 6.07) is 6.44. The molecule has 1 aromatic rings. The van der Waals surface area contributed by atoms with E-state index in [0.717, 1.165) is 18.2 Å². The van der Waals surface area contributed by atoms with Crippen molar-refractivity contribution in [2.45, 2.75) is 18.8 Å². The Morgan fingerprint density at radius 1 is 1.33 bits per heavy atom. The number of hydrogen-bond donors (Lipinski definition) is 1. The third-order valence-electron chi connectivity index (χ3n) is 4.43. The van der Waals surface area contributed by atoms with Crippen molar-refractivity contribution in [3.05, 3.63) is 23.8 Å². The van der Waals surface area contributed by atoms with Crippen LogP contribution in [0.3, 0.4) is 0 Å². The molecule has 0 aliphatic carbocycles. The van der Waals surface area contributed by atoms with Crippen molar-refractivity contribution in [3.63, 3.8) is 0 Å². The van der Waals surface area contributed by atoms with Gasteiger partial charge in [-0.1, -0.05) is 0 Å². The first-order valence-corrected chi connectivity index (χ1v) is 6.88. The average Bonchev–Trinajstić information content (AvgIpc) is 2.84. The lowest BCUT2D eigenvalue weighted by Gasteiger charge is -2.31. The summed E-state index contributed by atoms with van der Waals surface area (Å²) in [5.41, 5.74) is 2.77. The summed E-state index contributed by atoms with van der Waals surface area (Å²) >= 11 is 0. The number of nitrogens with one attached hydrogen (secondary N) is 1. The Bertz CT molecular complexity index is 433. The molecule has 0 aromatic heterocycles. The topological polar surface area (TPSA) is 24.5 Å². The molecule has 2 heterocycles. The van der Waals surface area contributed by atoms with Crippen LogP contribution in [0.15, 0.2) is 18.2 Å². The molecule has 1 N–H and O–H groups in total. The van der Waals surface area contributed by atoms with E-state index < -0.39 is 0 Å². The van der Waals surface area contributed by atoms with Gasteiger partial charge in [0.05, 0.1) is 7.11 Å². The van der Waals surface area contributed by atoms with Gasteiger partial charge >= 0.3 is 0 Å². The van der Waals surface area contributed by atoms with Crippen molar-refractivity contribution in [1.82, 2.24) is 4.90 Å². The standard InChI is InChI=1S/C15H22N2O/c1-17-8-6-11(10-17)13-5-7-16-15-4-3-12(18-2)9-14(13)15/h3-4,9,11,13,16H,5-8,10H2,1-2H3. The molecule has 1 aromatic carbocycles. The van der Waals surface area contributed by atoms with Crippen LogP contribution in [-0.2, 0) is 0 Å². The van der Waals surface area contributed by atoms with E-state index in [1.165, 1.54) is 37.2 Å². The van der Waals surface area contributed by atoms with E-state index in [9.17, 15) is 0 Å². The van der Waals surface area contributed by atoms with Crippen molar-refractivity contribution < 1.29 is 4.74 Å². The summed E-state index contributed by atoms with van der Waals surface area (Å²) in [5, 5.41) is 3.51. The van der Waals surface area contributed by atoms with Crippen LogP contribution in [0, 0.1) is 5.92 Å². The van der Waals surface area contributed by atoms with E-state index in [2.05, 4.69) is 35.5 Å². The third kappa shape index (κ3) is 2.07. The van der Waals surface area contributed by atoms with Crippen molar-refractivity contribution in [2.75, 3.05) is 39.1 Å². The number of fused-ring (bicyclic) bond motifs is 1. The fourth-order valence-corrected chi connectivity index (χ4v) is 3.44. The van der Waals surface area contributed by atoms with Crippen molar-refractivity contribution in [2.24, 2.45) is 5.92 Å². The molecule has 0 radical (unpaired) electrons. The molecule has 0 saturated carbocycles. The third-order valence-corrected chi connectivity index (χ3v) is 4.43. The highest BCUT2D eigenvalue weighted by Crippen LogP contribution is 2.41. The van der Waals surface area contributed by atoms with E-state index in [4.69, 9.17) is 4.74 Å². The summed E-state index contributed by atoms with van der Waals surface area (Å²) in [5.74, 6) is 2.48. The van der Waals surface area contributed by atoms with Crippen LogP contribution in [0.4, 0.5) is 5.69 Å². The summed E-state index contributed by atoms with van der Waals surface area (Å²) in [6.45, 7) is 3.58. The molecule has 1 fully saturated rings. The smallest absolute Gasteiger partial charge is 0.119 e. The Hall–Kier alpha value is -1.22. The van der Waals surface area contributed by atoms with Gasteiger partial charge in [-0.05, 0) is 62.0 Å². The van der Waals surface area contributed by atoms with E-state index in [1.54, 1.807) is 7.11 Å². The number of likely N-dealkylation sites (tertiary alicyclic amines) is 1. The molecule has 0 bridgehead atoms. The minimum Gasteiger partial charge on any atom is -0.497 e. The second kappa shape index (κ2) is 4.81. The van der Waals surface area contributed by atoms with Crippen molar-refractivity contribution in [3.8, 4) is 5.75 Å². The summed E-state index contributed by atoms with van der Waals surface area (Å²) in [7, 11) is 3.98. The lowest BCUT2D eigenvalue weighted by molar-refractivity contribution is 0.360. The number of methoxy groups -OCH3 is 1. The zero-order chi connectivity index (χ0) is 12.5. The minimum absolute atomic E-state index is 0.696. The van der Waals surface area contributed by atoms with E-state index in [0.29, 0.717) is 5.92 Å². The number of ether oxygens (including phenoxy) is 1. The van der Waals surface area contributed by atoms with Gasteiger partial charge in [0.1, 0.15) is 5.75 Å². The quantitative estimate of drug-likeness (QED) is 0.868. The molecule has 3 nitrogen and oxygen atoms in total. The molecule has 18 heavy (non-hydrogen) atoms. The van der Waals surface area contributed by atoms with E-state index >= 15 is 0 Å². The Labute approximate surface area is 109 Å². The summed E-state index contributed by atoms with van der Waals surface area (Å²) in [4.78, 5) is 2.45. The van der Waals surface area contributed by atoms with Gasteiger partial charge < -0.3 is 15.0 Å². The van der Waals surface area contributed by atoms with Gasteiger partial charge in [-0.25, -0.2) is 0 Å². The van der Waals surface area contributed by atoms with Gasteiger partial charge in [0, 0.05) is 18.8 Å². The molecule has 2 atom stereocenters. The highest BCUT2D eigenvalue weighted by molar-refractivity contribution is 5.57. The van der Waals surface area contributed by atoms with Crippen LogP contribution in [-0.4, -0.2) is 38.7 Å². The first-order valence-electron chi connectivity index (χ1n) is 6.88. The Morgan fingerprint density at radius 2 is 2.22 bits per heavy atom. The van der Waals surface area contributed by atoms with Crippen molar-refractivity contribution in [1.29, 1.82) is 0 Å². The first kappa shape index (κ1) is 11.8. The van der Waals surface area contributed by atoms with Crippen LogP contribution in [0.2, 0.25) is 0 Å². The van der Waals surface area contributed by atoms with Gasteiger partial charge in [0.2, 0.25) is 0 Å². The minimum atomic E-state index is 0.696. The van der Waals surface area contributed by atoms with E-state index in [-0.39, 0.29) is 0 Å². The van der Waals surface area contributed by atoms with Crippen LogP contribution >= 0.6 is 0 Å². The fraction of sp³-hybridized carbons (Fsp3) is 0.600. The monoisotopic (exact) mass is 246 g/mol. The van der Waals surface area contributed by atoms with Crippen LogP contribution in [0.25, 0.3) is 0 Å². The van der Waals surface area contributed by atoms with Gasteiger partial charge in [0.15, 0.2) is 0 Å². The highest BCUT2D eigenvalue weighted by Gasteiger charge is 2.32. The molecule has 2 aliphatic heterocycles. The predicted octanol–water partition coefficient (Wildman–Crippen LogP) is 2.55. The van der Waals surface area contributed by atoms with Gasteiger partial charge in [0.25, 0.3) is 0 Å². The molecule has 98 valence electrons. The zero-order valence-electron chi connectivity index (χ0n) is 11.3. The summed E-state index contributed by atoms with van der Waals surface area (Å²) < 4.78 is 5.37. The Kier molecular flexibility index (Phi) is 3.16. The maximum absolute atomic E-state index is 5.37. The maximum atomic E-state index is 5.37. The Balaban J connectivity index is 1.90. The largest absolute Gasteiger partial charge is 0.497 e. The molecule has 3 heteroatoms. The SMILES string of the molecule is COc1ccc2c(c1)C(C1CCN(C)C1)CCN2. The maximum Gasteiger partial charge on any atom is 0.119 e. The highest BCUT2D eigenvalue weighted by atomic mass is 16.5. The molecule has 3 rings (SSSR count). The second-order valence-electron chi connectivity index (χ2n) is 5.59. The molecule has 1 saturated heterocycles. The number of hydrogen-bond acceptors (Lipinski definition) is 3. The average molecular weight is 246 g/mol. The van der Waals surface area contributed by atoms with Crippen LogP contribution in [0.5, 0.6) is 5.75 Å². The molecule has 2 unspecified atom stereocenters. The number of rotatable bonds is 2. The van der Waals surface area contributed by atoms with Gasteiger partial charge in [-0.2, -0.15) is 0 Å². The normalized spacial score (nSPS) is 27.7. The van der Waals surface area contributed by atoms with Gasteiger partial charge in [-0.3, -0.25) is 0 Å². The van der Waals surface area contributed by atoms with Crippen LogP contribution < -0.4 is 10.1 Å². The van der Waals surface area contributed by atoms with Crippen molar-refractivity contribution >= 4 is 5.69 Å². The zero-order valence-corrected chi connectivity index (χ0v) is 11.3. The molecular formula is C15H22N2O.